The Balaban J connectivity index is 1.59. The van der Waals surface area contributed by atoms with Gasteiger partial charge in [0, 0.05) is 12.6 Å². The molecule has 1 fully saturated rings. The monoisotopic (exact) mass is 263 g/mol. The Morgan fingerprint density at radius 2 is 2.11 bits per heavy atom. The number of hydrogen-bond acceptors (Lipinski definition) is 4. The number of aliphatic hydroxyl groups is 1. The van der Waals surface area contributed by atoms with E-state index >= 15 is 0 Å². The van der Waals surface area contributed by atoms with Gasteiger partial charge in [0.1, 0.15) is 0 Å². The zero-order chi connectivity index (χ0) is 13.1. The molecule has 4 nitrogen and oxygen atoms in total. The van der Waals surface area contributed by atoms with Crippen LogP contribution in [0.5, 0.6) is 11.5 Å². The van der Waals surface area contributed by atoms with E-state index in [1.807, 2.05) is 6.07 Å². The van der Waals surface area contributed by atoms with Gasteiger partial charge in [-0.05, 0) is 43.5 Å². The number of ether oxygens (including phenoxy) is 2. The number of rotatable bonds is 4. The summed E-state index contributed by atoms with van der Waals surface area (Å²) in [6.45, 7) is 2.72. The minimum Gasteiger partial charge on any atom is -0.454 e. The van der Waals surface area contributed by atoms with Gasteiger partial charge in [-0.1, -0.05) is 12.5 Å². The van der Waals surface area contributed by atoms with Gasteiger partial charge in [-0.2, -0.15) is 0 Å². The van der Waals surface area contributed by atoms with Gasteiger partial charge in [-0.15, -0.1) is 0 Å². The highest BCUT2D eigenvalue weighted by Crippen LogP contribution is 2.32. The summed E-state index contributed by atoms with van der Waals surface area (Å²) in [5.74, 6) is 1.70. The predicted molar refractivity (Wildman–Crippen MR) is 72.6 cm³/mol. The highest BCUT2D eigenvalue weighted by molar-refractivity contribution is 5.44. The second-order valence-corrected chi connectivity index (χ2v) is 5.31. The molecule has 2 aliphatic heterocycles. The standard InChI is InChI=1S/C15H21NO3/c17-10-13-3-1-2-7-16(13)8-6-12-4-5-14-15(9-12)19-11-18-14/h4-5,9,13,17H,1-3,6-8,10-11H2/t13-/m1/s1. The van der Waals surface area contributed by atoms with Crippen molar-refractivity contribution in [2.24, 2.45) is 0 Å². The van der Waals surface area contributed by atoms with Gasteiger partial charge in [0.25, 0.3) is 0 Å². The SMILES string of the molecule is OC[C@H]1CCCCN1CCc1ccc2c(c1)OCO2. The molecule has 1 saturated heterocycles. The van der Waals surface area contributed by atoms with Crippen molar-refractivity contribution in [3.8, 4) is 11.5 Å². The van der Waals surface area contributed by atoms with Crippen LogP contribution in [0, 0.1) is 0 Å². The number of fused-ring (bicyclic) bond motifs is 1. The number of piperidine rings is 1. The van der Waals surface area contributed by atoms with Crippen LogP contribution in [0.1, 0.15) is 24.8 Å². The summed E-state index contributed by atoms with van der Waals surface area (Å²) in [5.41, 5.74) is 1.27. The van der Waals surface area contributed by atoms with E-state index in [1.54, 1.807) is 0 Å². The minimum atomic E-state index is 0.279. The molecule has 0 unspecified atom stereocenters. The molecule has 0 bridgehead atoms. The Labute approximate surface area is 113 Å². The molecule has 1 aromatic rings. The van der Waals surface area contributed by atoms with Crippen LogP contribution in [0.15, 0.2) is 18.2 Å². The Hall–Kier alpha value is -1.26. The molecule has 0 amide bonds. The molecule has 1 N–H and O–H groups in total. The van der Waals surface area contributed by atoms with Crippen LogP contribution in [0.25, 0.3) is 0 Å². The third kappa shape index (κ3) is 2.85. The number of aliphatic hydroxyl groups excluding tert-OH is 1. The molecule has 0 saturated carbocycles. The average molecular weight is 263 g/mol. The second-order valence-electron chi connectivity index (χ2n) is 5.31. The average Bonchev–Trinajstić information content (AvgIpc) is 2.93. The molecule has 2 aliphatic rings. The maximum absolute atomic E-state index is 9.41. The van der Waals surface area contributed by atoms with Crippen LogP contribution in [-0.4, -0.2) is 42.5 Å². The number of benzene rings is 1. The van der Waals surface area contributed by atoms with Crippen LogP contribution in [0.2, 0.25) is 0 Å². The summed E-state index contributed by atoms with van der Waals surface area (Å²) < 4.78 is 10.7. The molecular formula is C15H21NO3. The van der Waals surface area contributed by atoms with Crippen LogP contribution >= 0.6 is 0 Å². The molecule has 104 valence electrons. The van der Waals surface area contributed by atoms with Gasteiger partial charge < -0.3 is 14.6 Å². The van der Waals surface area contributed by atoms with Crippen LogP contribution < -0.4 is 9.47 Å². The van der Waals surface area contributed by atoms with Crippen LogP contribution in [-0.2, 0) is 6.42 Å². The maximum atomic E-state index is 9.41. The number of hydrogen-bond donors (Lipinski definition) is 1. The van der Waals surface area contributed by atoms with Gasteiger partial charge in [-0.3, -0.25) is 4.90 Å². The molecule has 0 aromatic heterocycles. The van der Waals surface area contributed by atoms with E-state index in [-0.39, 0.29) is 6.61 Å². The molecular weight excluding hydrogens is 242 g/mol. The Morgan fingerprint density at radius 3 is 3.00 bits per heavy atom. The topological polar surface area (TPSA) is 41.9 Å². The predicted octanol–water partition coefficient (Wildman–Crippen LogP) is 1.80. The summed E-state index contributed by atoms with van der Waals surface area (Å²) in [6, 6.07) is 6.51. The Morgan fingerprint density at radius 1 is 1.21 bits per heavy atom. The van der Waals surface area contributed by atoms with E-state index in [9.17, 15) is 5.11 Å². The first-order chi connectivity index (χ1) is 9.36. The molecule has 3 rings (SSSR count). The molecule has 0 radical (unpaired) electrons. The largest absolute Gasteiger partial charge is 0.454 e. The minimum absolute atomic E-state index is 0.279. The maximum Gasteiger partial charge on any atom is 0.231 e. The fraction of sp³-hybridized carbons (Fsp3) is 0.600. The Bertz CT molecular complexity index is 435. The number of nitrogens with zero attached hydrogens (tertiary/aromatic N) is 1. The smallest absolute Gasteiger partial charge is 0.231 e. The lowest BCUT2D eigenvalue weighted by molar-refractivity contribution is 0.0913. The zero-order valence-corrected chi connectivity index (χ0v) is 11.2. The lowest BCUT2D eigenvalue weighted by Gasteiger charge is -2.34. The molecule has 1 aromatic carbocycles. The van der Waals surface area contributed by atoms with Crippen molar-refractivity contribution in [3.63, 3.8) is 0 Å². The van der Waals surface area contributed by atoms with Crippen molar-refractivity contribution in [3.05, 3.63) is 23.8 Å². The quantitative estimate of drug-likeness (QED) is 0.899. The summed E-state index contributed by atoms with van der Waals surface area (Å²) >= 11 is 0. The van der Waals surface area contributed by atoms with Crippen LogP contribution in [0.3, 0.4) is 0 Å². The molecule has 4 heteroatoms. The van der Waals surface area contributed by atoms with E-state index in [1.165, 1.54) is 18.4 Å². The molecule has 19 heavy (non-hydrogen) atoms. The van der Waals surface area contributed by atoms with E-state index in [0.717, 1.165) is 37.4 Å². The fourth-order valence-electron chi connectivity index (χ4n) is 2.93. The van der Waals surface area contributed by atoms with Crippen molar-refractivity contribution < 1.29 is 14.6 Å². The molecule has 0 spiro atoms. The van der Waals surface area contributed by atoms with Crippen LogP contribution in [0.4, 0.5) is 0 Å². The highest BCUT2D eigenvalue weighted by Gasteiger charge is 2.21. The first kappa shape index (κ1) is 12.8. The van der Waals surface area contributed by atoms with Crippen molar-refractivity contribution in [2.45, 2.75) is 31.7 Å². The number of likely N-dealkylation sites (tertiary alicyclic amines) is 1. The summed E-state index contributed by atoms with van der Waals surface area (Å²) in [4.78, 5) is 2.41. The van der Waals surface area contributed by atoms with E-state index < -0.39 is 0 Å². The van der Waals surface area contributed by atoms with E-state index in [2.05, 4.69) is 17.0 Å². The fourth-order valence-corrected chi connectivity index (χ4v) is 2.93. The summed E-state index contributed by atoms with van der Waals surface area (Å²) in [7, 11) is 0. The summed E-state index contributed by atoms with van der Waals surface area (Å²) in [6.07, 6.45) is 4.61. The lowest BCUT2D eigenvalue weighted by atomic mass is 10.0. The molecule has 1 atom stereocenters. The van der Waals surface area contributed by atoms with Gasteiger partial charge in [0.05, 0.1) is 6.61 Å². The third-order valence-electron chi connectivity index (χ3n) is 4.08. The zero-order valence-electron chi connectivity index (χ0n) is 11.2. The van der Waals surface area contributed by atoms with Gasteiger partial charge in [0.2, 0.25) is 6.79 Å². The first-order valence-electron chi connectivity index (χ1n) is 7.10. The lowest BCUT2D eigenvalue weighted by Crippen LogP contribution is -2.42. The van der Waals surface area contributed by atoms with Crippen molar-refractivity contribution in [1.82, 2.24) is 4.90 Å². The van der Waals surface area contributed by atoms with E-state index in [4.69, 9.17) is 9.47 Å². The Kier molecular flexibility index (Phi) is 3.89. The summed E-state index contributed by atoms with van der Waals surface area (Å²) in [5, 5.41) is 9.41. The van der Waals surface area contributed by atoms with Gasteiger partial charge in [-0.25, -0.2) is 0 Å². The molecule has 0 aliphatic carbocycles. The van der Waals surface area contributed by atoms with Gasteiger partial charge in [0.15, 0.2) is 11.5 Å². The highest BCUT2D eigenvalue weighted by atomic mass is 16.7. The van der Waals surface area contributed by atoms with Crippen molar-refractivity contribution >= 4 is 0 Å². The van der Waals surface area contributed by atoms with Crippen molar-refractivity contribution in [2.75, 3.05) is 26.5 Å². The first-order valence-corrected chi connectivity index (χ1v) is 7.10. The second kappa shape index (κ2) is 5.80. The van der Waals surface area contributed by atoms with Gasteiger partial charge >= 0.3 is 0 Å². The molecule has 2 heterocycles. The normalized spacial score (nSPS) is 22.7. The van der Waals surface area contributed by atoms with Crippen molar-refractivity contribution in [1.29, 1.82) is 0 Å². The third-order valence-corrected chi connectivity index (χ3v) is 4.08. The van der Waals surface area contributed by atoms with E-state index in [0.29, 0.717) is 12.8 Å².